The van der Waals surface area contributed by atoms with Gasteiger partial charge < -0.3 is 21.3 Å². The van der Waals surface area contributed by atoms with Gasteiger partial charge in [-0.2, -0.15) is 0 Å². The van der Waals surface area contributed by atoms with Gasteiger partial charge in [0.1, 0.15) is 22.1 Å². The zero-order chi connectivity index (χ0) is 23.7. The fourth-order valence-corrected chi connectivity index (χ4v) is 7.17. The molecule has 2 aliphatic heterocycles. The number of hydrogen-bond donors (Lipinski definition) is 4. The maximum Gasteiger partial charge on any atom is 0.352 e. The minimum absolute atomic E-state index is 0.0237. The first kappa shape index (κ1) is 23.5. The molecular weight excluding hydrogens is 512 g/mol. The predicted octanol–water partition coefficient (Wildman–Crippen LogP) is 0.277. The molecule has 33 heavy (non-hydrogen) atoms. The number of nitrogens with two attached hydrogens (primary N) is 1. The summed E-state index contributed by atoms with van der Waals surface area (Å²) in [6.45, 7) is 0. The first-order valence-corrected chi connectivity index (χ1v) is 13.0. The SMILES string of the molecule is Nc1nc(CC(=O)NC2C(=O)N3C(C(=O)O)=C(CSc4nnc(CC(=O)O)s4)CS[C@H]23)cs1. The normalized spacial score (nSPS) is 19.8. The van der Waals surface area contributed by atoms with E-state index >= 15 is 0 Å². The number of amides is 2. The Morgan fingerprint density at radius 1 is 1.27 bits per heavy atom. The van der Waals surface area contributed by atoms with E-state index < -0.39 is 35.2 Å². The molecule has 1 fully saturated rings. The number of anilines is 1. The van der Waals surface area contributed by atoms with Gasteiger partial charge in [0.05, 0.1) is 18.5 Å². The number of β-lactam (4-membered cyclic amide) rings is 1. The molecule has 0 saturated carbocycles. The van der Waals surface area contributed by atoms with E-state index in [2.05, 4.69) is 20.5 Å². The second-order valence-electron chi connectivity index (χ2n) is 6.89. The number of hydrogen-bond acceptors (Lipinski definition) is 12. The van der Waals surface area contributed by atoms with Crippen molar-refractivity contribution in [3.05, 3.63) is 27.4 Å². The quantitative estimate of drug-likeness (QED) is 0.257. The Kier molecular flexibility index (Phi) is 6.87. The van der Waals surface area contributed by atoms with Crippen LogP contribution in [0.1, 0.15) is 10.7 Å². The van der Waals surface area contributed by atoms with Crippen molar-refractivity contribution in [1.29, 1.82) is 0 Å². The Morgan fingerprint density at radius 2 is 2.06 bits per heavy atom. The molecule has 0 bridgehead atoms. The molecule has 4 rings (SSSR count). The van der Waals surface area contributed by atoms with Gasteiger partial charge in [0.25, 0.3) is 5.91 Å². The third-order valence-corrected chi connectivity index (χ3v) is 8.80. The molecule has 0 spiro atoms. The lowest BCUT2D eigenvalue weighted by molar-refractivity contribution is -0.150. The minimum Gasteiger partial charge on any atom is -0.481 e. The Hall–Kier alpha value is -2.69. The highest BCUT2D eigenvalue weighted by atomic mass is 32.2. The van der Waals surface area contributed by atoms with E-state index in [1.165, 1.54) is 39.8 Å². The average Bonchev–Trinajstić information content (AvgIpc) is 3.37. The summed E-state index contributed by atoms with van der Waals surface area (Å²) in [6, 6.07) is -0.816. The van der Waals surface area contributed by atoms with Crippen LogP contribution >= 0.6 is 46.2 Å². The molecule has 1 saturated heterocycles. The molecule has 1 unspecified atom stereocenters. The van der Waals surface area contributed by atoms with Gasteiger partial charge >= 0.3 is 11.9 Å². The van der Waals surface area contributed by atoms with E-state index in [0.717, 1.165) is 11.3 Å². The number of rotatable bonds is 9. The maximum absolute atomic E-state index is 12.7. The molecule has 2 aliphatic rings. The number of aromatic nitrogens is 3. The standard InChI is InChI=1S/C17H16N6O6S4/c18-16-19-7(5-31-16)1-8(24)20-11-13(27)23-12(15(28)29)6(3-30-14(11)23)4-32-17-22-21-9(33-17)2-10(25)26/h5,11,14H,1-4H2,(H2,18,19)(H,20,24)(H,25,26)(H,28,29)/t11?,14-/m1/s1. The van der Waals surface area contributed by atoms with Crippen molar-refractivity contribution in [2.75, 3.05) is 17.2 Å². The van der Waals surface area contributed by atoms with E-state index in [-0.39, 0.29) is 24.3 Å². The summed E-state index contributed by atoms with van der Waals surface area (Å²) < 4.78 is 0.512. The number of nitrogens with zero attached hydrogens (tertiary/aromatic N) is 4. The summed E-state index contributed by atoms with van der Waals surface area (Å²) in [5.74, 6) is -2.50. The number of carboxylic acids is 2. The predicted molar refractivity (Wildman–Crippen MR) is 122 cm³/mol. The number of carbonyl (C=O) groups excluding carboxylic acids is 2. The molecule has 12 nitrogen and oxygen atoms in total. The van der Waals surface area contributed by atoms with Gasteiger partial charge in [-0.05, 0) is 5.57 Å². The lowest BCUT2D eigenvalue weighted by Crippen LogP contribution is -2.70. The molecule has 16 heteroatoms. The van der Waals surface area contributed by atoms with Crippen LogP contribution in [-0.2, 0) is 32.0 Å². The van der Waals surface area contributed by atoms with Crippen LogP contribution in [0.4, 0.5) is 5.13 Å². The number of fused-ring (bicyclic) bond motifs is 1. The highest BCUT2D eigenvalue weighted by Gasteiger charge is 2.54. The average molecular weight is 529 g/mol. The van der Waals surface area contributed by atoms with Crippen LogP contribution < -0.4 is 11.1 Å². The van der Waals surface area contributed by atoms with Crippen molar-refractivity contribution in [3.8, 4) is 0 Å². The Balaban J connectivity index is 1.40. The van der Waals surface area contributed by atoms with E-state index in [0.29, 0.717) is 31.5 Å². The third-order valence-electron chi connectivity index (χ3n) is 4.60. The van der Waals surface area contributed by atoms with Crippen molar-refractivity contribution in [2.45, 2.75) is 28.6 Å². The molecule has 2 aromatic heterocycles. The monoisotopic (exact) mass is 528 g/mol. The van der Waals surface area contributed by atoms with Crippen LogP contribution in [0.5, 0.6) is 0 Å². The van der Waals surface area contributed by atoms with Crippen molar-refractivity contribution in [2.24, 2.45) is 0 Å². The third kappa shape index (κ3) is 5.13. The number of thiazole rings is 1. The van der Waals surface area contributed by atoms with Crippen molar-refractivity contribution < 1.29 is 29.4 Å². The summed E-state index contributed by atoms with van der Waals surface area (Å²) in [6.07, 6.45) is -0.256. The molecule has 0 aromatic carbocycles. The zero-order valence-electron chi connectivity index (χ0n) is 16.6. The van der Waals surface area contributed by atoms with Gasteiger partial charge in [-0.15, -0.1) is 33.3 Å². The van der Waals surface area contributed by atoms with E-state index in [9.17, 15) is 24.3 Å². The Bertz CT molecular complexity index is 1160. The molecule has 5 N–H and O–H groups in total. The highest BCUT2D eigenvalue weighted by Crippen LogP contribution is 2.41. The number of carboxylic acid groups (broad SMARTS) is 2. The number of thioether (sulfide) groups is 2. The second-order valence-corrected chi connectivity index (χ2v) is 11.2. The Morgan fingerprint density at radius 3 is 2.73 bits per heavy atom. The fourth-order valence-electron chi connectivity index (χ4n) is 3.23. The minimum atomic E-state index is -1.23. The number of carbonyl (C=O) groups is 4. The van der Waals surface area contributed by atoms with Crippen molar-refractivity contribution in [1.82, 2.24) is 25.4 Å². The van der Waals surface area contributed by atoms with Crippen molar-refractivity contribution in [3.63, 3.8) is 0 Å². The van der Waals surface area contributed by atoms with Crippen LogP contribution in [0.15, 0.2) is 21.0 Å². The van der Waals surface area contributed by atoms with Crippen LogP contribution in [0.2, 0.25) is 0 Å². The Labute approximate surface area is 202 Å². The fraction of sp³-hybridized carbons (Fsp3) is 0.353. The number of nitrogens with one attached hydrogen (secondary N) is 1. The van der Waals surface area contributed by atoms with Crippen LogP contribution in [0.3, 0.4) is 0 Å². The molecule has 2 aromatic rings. The van der Waals surface area contributed by atoms with Gasteiger partial charge in [-0.25, -0.2) is 9.78 Å². The van der Waals surface area contributed by atoms with Crippen LogP contribution in [-0.4, -0.2) is 77.0 Å². The topological polar surface area (TPSA) is 189 Å². The van der Waals surface area contributed by atoms with Gasteiger partial charge in [0, 0.05) is 16.9 Å². The smallest absolute Gasteiger partial charge is 0.352 e. The lowest BCUT2D eigenvalue weighted by Gasteiger charge is -2.49. The molecule has 4 heterocycles. The molecule has 2 amide bonds. The van der Waals surface area contributed by atoms with Crippen LogP contribution in [0.25, 0.3) is 0 Å². The van der Waals surface area contributed by atoms with Gasteiger partial charge in [0.15, 0.2) is 9.47 Å². The van der Waals surface area contributed by atoms with E-state index in [4.69, 9.17) is 10.8 Å². The summed E-state index contributed by atoms with van der Waals surface area (Å²) in [7, 11) is 0. The zero-order valence-corrected chi connectivity index (χ0v) is 19.9. The van der Waals surface area contributed by atoms with E-state index in [1.807, 2.05) is 0 Å². The molecule has 0 aliphatic carbocycles. The van der Waals surface area contributed by atoms with Gasteiger partial charge in [0.2, 0.25) is 5.91 Å². The summed E-state index contributed by atoms with van der Waals surface area (Å²) in [4.78, 5) is 53.0. The lowest BCUT2D eigenvalue weighted by atomic mass is 10.0. The molecular formula is C17H16N6O6S4. The van der Waals surface area contributed by atoms with Crippen molar-refractivity contribution >= 4 is 75.1 Å². The first-order chi connectivity index (χ1) is 15.7. The second kappa shape index (κ2) is 9.66. The van der Waals surface area contributed by atoms with Gasteiger partial charge in [-0.3, -0.25) is 19.3 Å². The molecule has 174 valence electrons. The number of nitrogen functional groups attached to an aromatic ring is 1. The van der Waals surface area contributed by atoms with E-state index in [1.54, 1.807) is 5.38 Å². The van der Waals surface area contributed by atoms with Gasteiger partial charge in [-0.1, -0.05) is 23.1 Å². The first-order valence-electron chi connectivity index (χ1n) is 9.29. The summed E-state index contributed by atoms with van der Waals surface area (Å²) in [5, 5.41) is 30.8. The maximum atomic E-state index is 12.7. The molecule has 0 radical (unpaired) electrons. The summed E-state index contributed by atoms with van der Waals surface area (Å²) in [5.41, 5.74) is 6.51. The molecule has 2 atom stereocenters. The number of aliphatic carboxylic acids is 2. The largest absolute Gasteiger partial charge is 0.481 e. The summed E-state index contributed by atoms with van der Waals surface area (Å²) >= 11 is 4.94. The van der Waals surface area contributed by atoms with Crippen LogP contribution in [0, 0.1) is 0 Å². The highest BCUT2D eigenvalue weighted by molar-refractivity contribution is 8.01.